The number of rotatable bonds is 4. The van der Waals surface area contributed by atoms with Gasteiger partial charge in [-0.1, -0.05) is 13.0 Å². The first-order chi connectivity index (χ1) is 6.77. The summed E-state index contributed by atoms with van der Waals surface area (Å²) >= 11 is 0. The van der Waals surface area contributed by atoms with Crippen molar-refractivity contribution in [3.05, 3.63) is 23.9 Å². The molecule has 0 spiro atoms. The first-order valence-corrected chi connectivity index (χ1v) is 4.46. The lowest BCUT2D eigenvalue weighted by Gasteiger charge is -2.04. The highest BCUT2D eigenvalue weighted by Crippen LogP contribution is 2.08. The highest BCUT2D eigenvalue weighted by Gasteiger charge is 2.07. The maximum atomic E-state index is 11.1. The number of pyridine rings is 1. The molecule has 14 heavy (non-hydrogen) atoms. The summed E-state index contributed by atoms with van der Waals surface area (Å²) in [5.74, 6) is 0.00157. The van der Waals surface area contributed by atoms with Crippen LogP contribution in [0.1, 0.15) is 23.8 Å². The molecule has 0 bridgehead atoms. The molecule has 0 N–H and O–H groups in total. The fraction of sp³-hybridized carbons (Fsp3) is 0.400. The number of hydrogen-bond acceptors (Lipinski definition) is 4. The molecule has 1 aromatic rings. The van der Waals surface area contributed by atoms with Crippen molar-refractivity contribution in [2.75, 3.05) is 13.7 Å². The zero-order chi connectivity index (χ0) is 10.4. The second-order valence-corrected chi connectivity index (χ2v) is 2.70. The number of ether oxygens (including phenoxy) is 2. The maximum absolute atomic E-state index is 11.1. The molecule has 0 unspecified atom stereocenters. The predicted molar refractivity (Wildman–Crippen MR) is 51.4 cm³/mol. The molecule has 0 saturated heterocycles. The molecular weight excluding hydrogens is 182 g/mol. The van der Waals surface area contributed by atoms with E-state index in [9.17, 15) is 4.79 Å². The van der Waals surface area contributed by atoms with Gasteiger partial charge in [0.1, 0.15) is 0 Å². The van der Waals surface area contributed by atoms with E-state index < -0.39 is 5.97 Å². The summed E-state index contributed by atoms with van der Waals surface area (Å²) in [5.41, 5.74) is 0.265. The maximum Gasteiger partial charge on any atom is 0.356 e. The molecule has 0 atom stereocenters. The van der Waals surface area contributed by atoms with Crippen LogP contribution in [0.25, 0.3) is 0 Å². The summed E-state index contributed by atoms with van der Waals surface area (Å²) in [4.78, 5) is 15.1. The Hall–Kier alpha value is -1.58. The Morgan fingerprint density at radius 1 is 1.50 bits per heavy atom. The van der Waals surface area contributed by atoms with Crippen molar-refractivity contribution in [2.24, 2.45) is 0 Å². The van der Waals surface area contributed by atoms with Gasteiger partial charge in [-0.05, 0) is 12.5 Å². The Labute approximate surface area is 82.9 Å². The molecule has 4 heteroatoms. The van der Waals surface area contributed by atoms with Gasteiger partial charge in [-0.15, -0.1) is 0 Å². The first kappa shape index (κ1) is 10.5. The monoisotopic (exact) mass is 195 g/mol. The highest BCUT2D eigenvalue weighted by atomic mass is 16.5. The number of aromatic nitrogens is 1. The van der Waals surface area contributed by atoms with Gasteiger partial charge in [0.25, 0.3) is 0 Å². The summed E-state index contributed by atoms with van der Waals surface area (Å²) in [6, 6.07) is 5.01. The normalized spacial score (nSPS) is 9.57. The number of hydrogen-bond donors (Lipinski definition) is 0. The van der Waals surface area contributed by atoms with Gasteiger partial charge < -0.3 is 9.47 Å². The molecule has 1 rings (SSSR count). The lowest BCUT2D eigenvalue weighted by atomic mass is 10.3. The third-order valence-electron chi connectivity index (χ3n) is 1.57. The van der Waals surface area contributed by atoms with Gasteiger partial charge in [0.15, 0.2) is 5.69 Å². The summed E-state index contributed by atoms with van der Waals surface area (Å²) in [6.07, 6.45) is 0.907. The smallest absolute Gasteiger partial charge is 0.356 e. The van der Waals surface area contributed by atoms with Crippen LogP contribution >= 0.6 is 0 Å². The Morgan fingerprint density at radius 3 is 2.93 bits per heavy atom. The minimum Gasteiger partial charge on any atom is -0.478 e. The van der Waals surface area contributed by atoms with Crippen molar-refractivity contribution >= 4 is 5.97 Å². The third kappa shape index (κ3) is 2.73. The number of methoxy groups -OCH3 is 1. The van der Waals surface area contributed by atoms with E-state index in [1.165, 1.54) is 7.11 Å². The van der Waals surface area contributed by atoms with Crippen molar-refractivity contribution in [3.63, 3.8) is 0 Å². The summed E-state index contributed by atoms with van der Waals surface area (Å²) < 4.78 is 9.81. The van der Waals surface area contributed by atoms with Gasteiger partial charge in [0.2, 0.25) is 5.88 Å². The van der Waals surface area contributed by atoms with Crippen LogP contribution in [0.15, 0.2) is 18.2 Å². The van der Waals surface area contributed by atoms with Gasteiger partial charge in [-0.3, -0.25) is 0 Å². The quantitative estimate of drug-likeness (QED) is 0.685. The minimum atomic E-state index is -0.452. The molecule has 0 aliphatic heterocycles. The van der Waals surface area contributed by atoms with Crippen molar-refractivity contribution in [3.8, 4) is 5.88 Å². The van der Waals surface area contributed by atoms with E-state index in [0.29, 0.717) is 12.5 Å². The molecule has 1 heterocycles. The van der Waals surface area contributed by atoms with Crippen LogP contribution in [0, 0.1) is 0 Å². The van der Waals surface area contributed by atoms with Crippen LogP contribution in [0.5, 0.6) is 5.88 Å². The molecule has 76 valence electrons. The molecule has 0 amide bonds. The van der Waals surface area contributed by atoms with Gasteiger partial charge in [-0.25, -0.2) is 9.78 Å². The fourth-order valence-electron chi connectivity index (χ4n) is 0.920. The van der Waals surface area contributed by atoms with Crippen molar-refractivity contribution in [1.82, 2.24) is 4.98 Å². The standard InChI is InChI=1S/C10H13NO3/c1-3-7-14-9-6-4-5-8(11-9)10(12)13-2/h4-6H,3,7H2,1-2H3. The van der Waals surface area contributed by atoms with Gasteiger partial charge in [-0.2, -0.15) is 0 Å². The largest absolute Gasteiger partial charge is 0.478 e. The molecule has 0 radical (unpaired) electrons. The Bertz CT molecular complexity index is 312. The van der Waals surface area contributed by atoms with Crippen LogP contribution in [0.4, 0.5) is 0 Å². The highest BCUT2D eigenvalue weighted by molar-refractivity contribution is 5.87. The van der Waals surface area contributed by atoms with Crippen LogP contribution in [0.2, 0.25) is 0 Å². The molecule has 4 nitrogen and oxygen atoms in total. The second kappa shape index (κ2) is 5.21. The van der Waals surface area contributed by atoms with E-state index in [0.717, 1.165) is 6.42 Å². The Kier molecular flexibility index (Phi) is 3.91. The summed E-state index contributed by atoms with van der Waals surface area (Å²) in [6.45, 7) is 2.60. The fourth-order valence-corrected chi connectivity index (χ4v) is 0.920. The lowest BCUT2D eigenvalue weighted by molar-refractivity contribution is 0.0592. The number of esters is 1. The molecule has 0 fully saturated rings. The van der Waals surface area contributed by atoms with Gasteiger partial charge in [0, 0.05) is 6.07 Å². The van der Waals surface area contributed by atoms with E-state index in [1.54, 1.807) is 18.2 Å². The second-order valence-electron chi connectivity index (χ2n) is 2.70. The average molecular weight is 195 g/mol. The average Bonchev–Trinajstić information content (AvgIpc) is 2.25. The summed E-state index contributed by atoms with van der Waals surface area (Å²) in [5, 5.41) is 0. The van der Waals surface area contributed by atoms with Crippen molar-refractivity contribution < 1.29 is 14.3 Å². The predicted octanol–water partition coefficient (Wildman–Crippen LogP) is 1.66. The van der Waals surface area contributed by atoms with E-state index >= 15 is 0 Å². The minimum absolute atomic E-state index is 0.265. The first-order valence-electron chi connectivity index (χ1n) is 4.46. The van der Waals surface area contributed by atoms with Crippen molar-refractivity contribution in [1.29, 1.82) is 0 Å². The Balaban J connectivity index is 2.73. The van der Waals surface area contributed by atoms with Crippen LogP contribution in [0.3, 0.4) is 0 Å². The van der Waals surface area contributed by atoms with Crippen molar-refractivity contribution in [2.45, 2.75) is 13.3 Å². The zero-order valence-electron chi connectivity index (χ0n) is 8.32. The number of carbonyl (C=O) groups excluding carboxylic acids is 1. The van der Waals surface area contributed by atoms with Crippen LogP contribution < -0.4 is 4.74 Å². The van der Waals surface area contributed by atoms with Crippen LogP contribution in [-0.2, 0) is 4.74 Å². The number of nitrogens with zero attached hydrogens (tertiary/aromatic N) is 1. The Morgan fingerprint density at radius 2 is 2.29 bits per heavy atom. The van der Waals surface area contributed by atoms with Gasteiger partial charge >= 0.3 is 5.97 Å². The van der Waals surface area contributed by atoms with E-state index in [4.69, 9.17) is 4.74 Å². The number of carbonyl (C=O) groups is 1. The SMILES string of the molecule is CCCOc1cccc(C(=O)OC)n1. The van der Waals surface area contributed by atoms with E-state index in [1.807, 2.05) is 6.92 Å². The summed E-state index contributed by atoms with van der Waals surface area (Å²) in [7, 11) is 1.32. The molecule has 0 saturated carbocycles. The van der Waals surface area contributed by atoms with Crippen LogP contribution in [-0.4, -0.2) is 24.7 Å². The molecule has 1 aromatic heterocycles. The van der Waals surface area contributed by atoms with E-state index in [2.05, 4.69) is 9.72 Å². The topological polar surface area (TPSA) is 48.4 Å². The molecule has 0 aliphatic rings. The third-order valence-corrected chi connectivity index (χ3v) is 1.57. The molecular formula is C10H13NO3. The molecule has 0 aromatic carbocycles. The molecule has 0 aliphatic carbocycles. The lowest BCUT2D eigenvalue weighted by Crippen LogP contribution is -2.05. The zero-order valence-corrected chi connectivity index (χ0v) is 8.32. The van der Waals surface area contributed by atoms with Gasteiger partial charge in [0.05, 0.1) is 13.7 Å². The van der Waals surface area contributed by atoms with E-state index in [-0.39, 0.29) is 5.69 Å².